The predicted octanol–water partition coefficient (Wildman–Crippen LogP) is 1.23. The Morgan fingerprint density at radius 3 is 2.23 bits per heavy atom. The number of hydrogen-bond donors (Lipinski definition) is 4. The van der Waals surface area contributed by atoms with Crippen LogP contribution in [-0.4, -0.2) is 73.0 Å². The lowest BCUT2D eigenvalue weighted by Crippen LogP contribution is -2.55. The number of nitrogens with one attached hydrogen (secondary N) is 2. The Bertz CT molecular complexity index is 1400. The van der Waals surface area contributed by atoms with Crippen molar-refractivity contribution >= 4 is 27.9 Å². The van der Waals surface area contributed by atoms with Crippen LogP contribution in [0.2, 0.25) is 0 Å². The van der Waals surface area contributed by atoms with Gasteiger partial charge in [0, 0.05) is 18.7 Å². The summed E-state index contributed by atoms with van der Waals surface area (Å²) >= 11 is 0. The van der Waals surface area contributed by atoms with Gasteiger partial charge in [-0.05, 0) is 43.2 Å². The fraction of sp³-hybridized carbons (Fsp3) is 0.320. The van der Waals surface area contributed by atoms with Crippen molar-refractivity contribution in [2.45, 2.75) is 37.6 Å². The molecule has 0 spiro atoms. The van der Waals surface area contributed by atoms with Gasteiger partial charge in [-0.2, -0.15) is 4.98 Å². The minimum absolute atomic E-state index is 0.0580. The van der Waals surface area contributed by atoms with E-state index in [0.29, 0.717) is 15.9 Å². The maximum absolute atomic E-state index is 13.8. The van der Waals surface area contributed by atoms with Gasteiger partial charge in [-0.25, -0.2) is 21.5 Å². The Hall–Kier alpha value is -3.88. The minimum atomic E-state index is -3.74. The van der Waals surface area contributed by atoms with E-state index in [4.69, 9.17) is 4.42 Å². The second-order valence-electron chi connectivity index (χ2n) is 8.92. The topological polar surface area (TPSA) is 162 Å². The highest BCUT2D eigenvalue weighted by molar-refractivity contribution is 7.92. The molecule has 3 rings (SSSR count). The number of sulfonamides is 1. The number of anilines is 1. The number of carbonyl (C=O) groups is 2. The molecule has 4 N–H and O–H groups in total. The quantitative estimate of drug-likeness (QED) is 0.269. The first kappa shape index (κ1) is 29.7. The van der Waals surface area contributed by atoms with E-state index in [-0.39, 0.29) is 17.7 Å². The van der Waals surface area contributed by atoms with Crippen molar-refractivity contribution in [1.82, 2.24) is 15.6 Å². The van der Waals surface area contributed by atoms with Gasteiger partial charge >= 0.3 is 6.01 Å². The molecule has 3 aromatic rings. The van der Waals surface area contributed by atoms with Crippen molar-refractivity contribution in [2.75, 3.05) is 17.6 Å². The van der Waals surface area contributed by atoms with Crippen LogP contribution in [0.25, 0.3) is 0 Å². The normalized spacial score (nSPS) is 14.6. The Kier molecular flexibility index (Phi) is 9.37. The van der Waals surface area contributed by atoms with Crippen LogP contribution in [0.3, 0.4) is 0 Å². The van der Waals surface area contributed by atoms with Gasteiger partial charge in [0.2, 0.25) is 10.0 Å². The number of amides is 2. The zero-order valence-corrected chi connectivity index (χ0v) is 22.0. The van der Waals surface area contributed by atoms with Crippen LogP contribution in [0.15, 0.2) is 59.2 Å². The minimum Gasteiger partial charge on any atom is -0.430 e. The Morgan fingerprint density at radius 1 is 1.03 bits per heavy atom. The zero-order chi connectivity index (χ0) is 28.9. The number of nitrogens with zero attached hydrogens (tertiary/aromatic N) is 2. The van der Waals surface area contributed by atoms with Gasteiger partial charge in [-0.1, -0.05) is 18.2 Å². The molecule has 0 aliphatic rings. The second-order valence-corrected chi connectivity index (χ2v) is 10.9. The Morgan fingerprint density at radius 2 is 1.64 bits per heavy atom. The summed E-state index contributed by atoms with van der Waals surface area (Å²) in [6, 6.07) is 8.03. The molecule has 1 heterocycles. The van der Waals surface area contributed by atoms with Crippen LogP contribution in [0.5, 0.6) is 0 Å². The van der Waals surface area contributed by atoms with Crippen molar-refractivity contribution in [3.8, 4) is 0 Å². The summed E-state index contributed by atoms with van der Waals surface area (Å²) in [7, 11) is -2.58. The first-order chi connectivity index (χ1) is 18.3. The molecule has 0 saturated heterocycles. The molecule has 14 heteroatoms. The molecular weight excluding hydrogens is 538 g/mol. The molecule has 1 aromatic heterocycles. The van der Waals surface area contributed by atoms with Gasteiger partial charge in [0.05, 0.1) is 18.3 Å². The lowest BCUT2D eigenvalue weighted by Gasteiger charge is -2.31. The van der Waals surface area contributed by atoms with Gasteiger partial charge < -0.3 is 25.3 Å². The standard InChI is InChI=1S/C25H28F2N4O7S/c1-14(28-23(34)16-7-5-4-6-8-16)21(32)22(33)19(11-15-9-17(26)12-18(27)10-15)29-24(35)20-13-38-25(30-20)31(2)39(3,36)37/h4-10,12-14,19,21-22,32-33H,11H2,1-3H3,(H,28,34)(H,29,35). The largest absolute Gasteiger partial charge is 0.430 e. The first-order valence-corrected chi connectivity index (χ1v) is 13.5. The summed E-state index contributed by atoms with van der Waals surface area (Å²) < 4.78 is 56.8. The molecule has 39 heavy (non-hydrogen) atoms. The van der Waals surface area contributed by atoms with Crippen molar-refractivity contribution in [3.63, 3.8) is 0 Å². The zero-order valence-electron chi connectivity index (χ0n) is 21.2. The SMILES string of the molecule is CC(NC(=O)c1ccccc1)C(O)C(O)C(Cc1cc(F)cc(F)c1)NC(=O)c1coc(N(C)S(C)(=O)=O)n1. The fourth-order valence-corrected chi connectivity index (χ4v) is 4.00. The van der Waals surface area contributed by atoms with Crippen LogP contribution in [0.4, 0.5) is 14.8 Å². The van der Waals surface area contributed by atoms with Crippen LogP contribution in [0.1, 0.15) is 33.3 Å². The molecule has 11 nitrogen and oxygen atoms in total. The number of halogens is 2. The first-order valence-electron chi connectivity index (χ1n) is 11.6. The molecule has 0 bridgehead atoms. The molecule has 0 aliphatic heterocycles. The lowest BCUT2D eigenvalue weighted by atomic mass is 9.94. The maximum Gasteiger partial charge on any atom is 0.311 e. The van der Waals surface area contributed by atoms with Crippen molar-refractivity contribution in [1.29, 1.82) is 0 Å². The number of benzene rings is 2. The van der Waals surface area contributed by atoms with Crippen molar-refractivity contribution < 1.29 is 41.4 Å². The third kappa shape index (κ3) is 7.81. The second kappa shape index (κ2) is 12.3. The highest BCUT2D eigenvalue weighted by Gasteiger charge is 2.33. The molecule has 0 saturated carbocycles. The van der Waals surface area contributed by atoms with Gasteiger partial charge in [0.1, 0.15) is 30.1 Å². The summed E-state index contributed by atoms with van der Waals surface area (Å²) in [5.74, 6) is -3.23. The van der Waals surface area contributed by atoms with Gasteiger partial charge in [0.15, 0.2) is 5.69 Å². The average molecular weight is 567 g/mol. The smallest absolute Gasteiger partial charge is 0.311 e. The van der Waals surface area contributed by atoms with Gasteiger partial charge in [-0.3, -0.25) is 9.59 Å². The summed E-state index contributed by atoms with van der Waals surface area (Å²) in [6.07, 6.45) is -1.91. The third-order valence-electron chi connectivity index (χ3n) is 5.86. The van der Waals surface area contributed by atoms with Crippen LogP contribution >= 0.6 is 0 Å². The van der Waals surface area contributed by atoms with Crippen molar-refractivity contribution in [3.05, 3.63) is 83.2 Å². The Labute approximate surface area is 223 Å². The highest BCUT2D eigenvalue weighted by atomic mass is 32.2. The van der Waals surface area contributed by atoms with E-state index in [1.165, 1.54) is 6.92 Å². The highest BCUT2D eigenvalue weighted by Crippen LogP contribution is 2.18. The lowest BCUT2D eigenvalue weighted by molar-refractivity contribution is -0.0188. The summed E-state index contributed by atoms with van der Waals surface area (Å²) in [5.41, 5.74) is 0.0118. The number of rotatable bonds is 11. The van der Waals surface area contributed by atoms with Crippen LogP contribution < -0.4 is 14.9 Å². The van der Waals surface area contributed by atoms with Gasteiger partial charge in [-0.15, -0.1) is 0 Å². The van der Waals surface area contributed by atoms with E-state index >= 15 is 0 Å². The van der Waals surface area contributed by atoms with E-state index in [9.17, 15) is 37.0 Å². The van der Waals surface area contributed by atoms with Gasteiger partial charge in [0.25, 0.3) is 11.8 Å². The van der Waals surface area contributed by atoms with E-state index < -0.39 is 63.8 Å². The van der Waals surface area contributed by atoms with E-state index in [1.54, 1.807) is 30.3 Å². The summed E-state index contributed by atoms with van der Waals surface area (Å²) in [4.78, 5) is 29.2. The molecule has 0 radical (unpaired) electrons. The number of carbonyl (C=O) groups excluding carboxylic acids is 2. The van der Waals surface area contributed by atoms with Crippen LogP contribution in [0, 0.1) is 11.6 Å². The number of aromatic nitrogens is 1. The number of aliphatic hydroxyl groups excluding tert-OH is 2. The molecule has 4 atom stereocenters. The average Bonchev–Trinajstić information content (AvgIpc) is 3.36. The predicted molar refractivity (Wildman–Crippen MR) is 136 cm³/mol. The maximum atomic E-state index is 13.8. The molecule has 210 valence electrons. The van der Waals surface area contributed by atoms with Crippen LogP contribution in [-0.2, 0) is 16.4 Å². The molecule has 4 unspecified atom stereocenters. The van der Waals surface area contributed by atoms with E-state index in [1.807, 2.05) is 0 Å². The third-order valence-corrected chi connectivity index (χ3v) is 7.01. The number of aliphatic hydroxyl groups is 2. The molecule has 0 fully saturated rings. The summed E-state index contributed by atoms with van der Waals surface area (Å²) in [6.45, 7) is 1.43. The van der Waals surface area contributed by atoms with E-state index in [2.05, 4.69) is 15.6 Å². The molecule has 2 amide bonds. The molecular formula is C25H28F2N4O7S. The molecule has 2 aromatic carbocycles. The number of oxazole rings is 1. The number of hydrogen-bond acceptors (Lipinski definition) is 8. The summed E-state index contributed by atoms with van der Waals surface area (Å²) in [5, 5.41) is 26.8. The monoisotopic (exact) mass is 566 g/mol. The van der Waals surface area contributed by atoms with E-state index in [0.717, 1.165) is 31.7 Å². The Balaban J connectivity index is 1.82. The van der Waals surface area contributed by atoms with Crippen molar-refractivity contribution in [2.24, 2.45) is 0 Å². The molecule has 0 aliphatic carbocycles. The fourth-order valence-electron chi connectivity index (χ4n) is 3.64.